The molecule has 0 atom stereocenters. The predicted octanol–water partition coefficient (Wildman–Crippen LogP) is 4.02. The third-order valence-corrected chi connectivity index (χ3v) is 6.00. The maximum absolute atomic E-state index is 12.6. The maximum Gasteiger partial charge on any atom is 0.340 e. The largest absolute Gasteiger partial charge is 0.454 e. The van der Waals surface area contributed by atoms with Gasteiger partial charge in [-0.2, -0.15) is 0 Å². The van der Waals surface area contributed by atoms with Gasteiger partial charge in [-0.05, 0) is 68.1 Å². The smallest absolute Gasteiger partial charge is 0.340 e. The summed E-state index contributed by atoms with van der Waals surface area (Å²) < 4.78 is 28.4. The summed E-state index contributed by atoms with van der Waals surface area (Å²) in [6.07, 6.45) is 1.03. The molecule has 0 saturated carbocycles. The summed E-state index contributed by atoms with van der Waals surface area (Å²) in [5.74, 6) is -1.17. The molecule has 5 nitrogen and oxygen atoms in total. The monoisotopic (exact) mass is 408 g/mol. The number of esters is 1. The Morgan fingerprint density at radius 2 is 1.63 bits per heavy atom. The van der Waals surface area contributed by atoms with Crippen molar-refractivity contribution in [3.63, 3.8) is 0 Å². The number of sulfone groups is 1. The number of halogens is 1. The van der Waals surface area contributed by atoms with Crippen LogP contribution in [0, 0.1) is 27.7 Å². The molecule has 0 heterocycles. The average molecular weight is 409 g/mol. The molecule has 0 aliphatic heterocycles. The minimum absolute atomic E-state index is 0.0500. The molecule has 0 aliphatic carbocycles. The van der Waals surface area contributed by atoms with Crippen LogP contribution in [-0.2, 0) is 14.6 Å². The molecule has 27 heavy (non-hydrogen) atoms. The van der Waals surface area contributed by atoms with Gasteiger partial charge in [0, 0.05) is 11.8 Å². The van der Waals surface area contributed by atoms with Gasteiger partial charge in [0.05, 0.1) is 15.5 Å². The highest BCUT2D eigenvalue weighted by Gasteiger charge is 2.20. The van der Waals surface area contributed by atoms with Crippen LogP contribution in [0.5, 0.6) is 0 Å². The molecule has 0 bridgehead atoms. The van der Waals surface area contributed by atoms with Gasteiger partial charge in [0.25, 0.3) is 0 Å². The van der Waals surface area contributed by atoms with Crippen molar-refractivity contribution >= 4 is 33.2 Å². The summed E-state index contributed by atoms with van der Waals surface area (Å²) in [4.78, 5) is 24.9. The van der Waals surface area contributed by atoms with E-state index in [9.17, 15) is 18.0 Å². The van der Waals surface area contributed by atoms with Crippen LogP contribution in [-0.4, -0.2) is 33.0 Å². The number of carbonyl (C=O) groups is 2. The molecule has 0 aliphatic rings. The number of ether oxygens (including phenoxy) is 1. The number of aryl methyl sites for hydroxylation is 2. The second kappa shape index (κ2) is 7.82. The van der Waals surface area contributed by atoms with Crippen molar-refractivity contribution in [2.45, 2.75) is 32.6 Å². The normalized spacial score (nSPS) is 11.3. The van der Waals surface area contributed by atoms with Crippen LogP contribution >= 0.6 is 11.6 Å². The molecule has 0 saturated heterocycles. The van der Waals surface area contributed by atoms with E-state index in [2.05, 4.69) is 0 Å². The molecule has 7 heteroatoms. The molecule has 2 aromatic rings. The van der Waals surface area contributed by atoms with Crippen molar-refractivity contribution in [1.82, 2.24) is 0 Å². The SMILES string of the molecule is Cc1cc(C)c(C(=O)COC(=O)c2cc(S(C)(=O)=O)ccc2Cl)c(C)c1C. The van der Waals surface area contributed by atoms with E-state index in [4.69, 9.17) is 16.3 Å². The quantitative estimate of drug-likeness (QED) is 0.551. The Morgan fingerprint density at radius 1 is 1.00 bits per heavy atom. The van der Waals surface area contributed by atoms with Gasteiger partial charge in [-0.25, -0.2) is 13.2 Å². The number of carbonyl (C=O) groups excluding carboxylic acids is 2. The van der Waals surface area contributed by atoms with E-state index in [1.54, 1.807) is 0 Å². The van der Waals surface area contributed by atoms with Crippen LogP contribution in [0.1, 0.15) is 43.0 Å². The predicted molar refractivity (Wildman–Crippen MR) is 105 cm³/mol. The Bertz CT molecular complexity index is 1040. The van der Waals surface area contributed by atoms with E-state index >= 15 is 0 Å². The lowest BCUT2D eigenvalue weighted by atomic mass is 9.92. The summed E-state index contributed by atoms with van der Waals surface area (Å²) in [6, 6.07) is 5.69. The minimum atomic E-state index is -3.50. The van der Waals surface area contributed by atoms with Crippen LogP contribution in [0.4, 0.5) is 0 Å². The van der Waals surface area contributed by atoms with Gasteiger partial charge in [0.15, 0.2) is 16.4 Å². The summed E-state index contributed by atoms with van der Waals surface area (Å²) in [5, 5.41) is 0.0541. The first-order valence-electron chi connectivity index (χ1n) is 8.20. The van der Waals surface area contributed by atoms with Gasteiger partial charge in [-0.15, -0.1) is 0 Å². The van der Waals surface area contributed by atoms with Crippen molar-refractivity contribution in [1.29, 1.82) is 0 Å². The summed E-state index contributed by atoms with van der Waals surface area (Å²) in [5.41, 5.74) is 4.20. The zero-order valence-corrected chi connectivity index (χ0v) is 17.4. The van der Waals surface area contributed by atoms with E-state index in [-0.39, 0.29) is 21.3 Å². The maximum atomic E-state index is 12.6. The Kier molecular flexibility index (Phi) is 6.12. The number of rotatable bonds is 5. The zero-order valence-electron chi connectivity index (χ0n) is 15.8. The lowest BCUT2D eigenvalue weighted by Crippen LogP contribution is -2.17. The number of benzene rings is 2. The topological polar surface area (TPSA) is 77.5 Å². The van der Waals surface area contributed by atoms with Gasteiger partial charge >= 0.3 is 5.97 Å². The average Bonchev–Trinajstić information content (AvgIpc) is 2.57. The van der Waals surface area contributed by atoms with E-state index < -0.39 is 22.4 Å². The fourth-order valence-electron chi connectivity index (χ4n) is 2.89. The highest BCUT2D eigenvalue weighted by molar-refractivity contribution is 7.90. The number of Topliss-reactive ketones (excluding diaryl/α,β-unsaturated/α-hetero) is 1. The minimum Gasteiger partial charge on any atom is -0.454 e. The molecule has 0 amide bonds. The third kappa shape index (κ3) is 4.57. The number of hydrogen-bond acceptors (Lipinski definition) is 5. The van der Waals surface area contributed by atoms with Gasteiger partial charge in [0.2, 0.25) is 5.78 Å². The molecule has 0 unspecified atom stereocenters. The van der Waals surface area contributed by atoms with Gasteiger partial charge in [-0.3, -0.25) is 4.79 Å². The highest BCUT2D eigenvalue weighted by Crippen LogP contribution is 2.24. The molecule has 0 spiro atoms. The molecule has 0 fully saturated rings. The molecule has 0 N–H and O–H groups in total. The molecular formula is C20H21ClO5S. The van der Waals surface area contributed by atoms with Crippen molar-refractivity contribution < 1.29 is 22.7 Å². The molecule has 0 radical (unpaired) electrons. The van der Waals surface area contributed by atoms with E-state index in [0.717, 1.165) is 34.6 Å². The molecule has 0 aromatic heterocycles. The van der Waals surface area contributed by atoms with Crippen molar-refractivity contribution in [3.8, 4) is 0 Å². The summed E-state index contributed by atoms with van der Waals surface area (Å²) in [6.45, 7) is 7.14. The number of ketones is 1. The van der Waals surface area contributed by atoms with Crippen molar-refractivity contribution in [3.05, 3.63) is 62.7 Å². The van der Waals surface area contributed by atoms with Crippen molar-refractivity contribution in [2.75, 3.05) is 12.9 Å². The van der Waals surface area contributed by atoms with Gasteiger partial charge < -0.3 is 4.74 Å². The first-order valence-corrected chi connectivity index (χ1v) is 10.5. The Balaban J connectivity index is 2.24. The van der Waals surface area contributed by atoms with Crippen LogP contribution in [0.15, 0.2) is 29.2 Å². The molecular weight excluding hydrogens is 388 g/mol. The second-order valence-corrected chi connectivity index (χ2v) is 8.97. The number of hydrogen-bond donors (Lipinski definition) is 0. The Morgan fingerprint density at radius 3 is 2.22 bits per heavy atom. The third-order valence-electron chi connectivity index (χ3n) is 4.56. The van der Waals surface area contributed by atoms with Gasteiger partial charge in [-0.1, -0.05) is 17.7 Å². The van der Waals surface area contributed by atoms with E-state index in [1.807, 2.05) is 33.8 Å². The molecule has 2 rings (SSSR count). The lowest BCUT2D eigenvalue weighted by molar-refractivity contribution is 0.0474. The standard InChI is InChI=1S/C20H21ClO5S/c1-11-8-12(2)19(14(4)13(11)3)18(22)10-26-20(23)16-9-15(27(5,24)25)6-7-17(16)21/h6-9H,10H2,1-5H3. The van der Waals surface area contributed by atoms with Crippen LogP contribution in [0.2, 0.25) is 5.02 Å². The van der Waals surface area contributed by atoms with E-state index in [1.165, 1.54) is 12.1 Å². The fourth-order valence-corrected chi connectivity index (χ4v) is 3.73. The lowest BCUT2D eigenvalue weighted by Gasteiger charge is -2.14. The highest BCUT2D eigenvalue weighted by atomic mass is 35.5. The molecule has 144 valence electrons. The fraction of sp³-hybridized carbons (Fsp3) is 0.300. The van der Waals surface area contributed by atoms with Crippen LogP contribution in [0.25, 0.3) is 0 Å². The van der Waals surface area contributed by atoms with E-state index in [0.29, 0.717) is 5.56 Å². The first kappa shape index (κ1) is 21.1. The Labute approximate surface area is 164 Å². The van der Waals surface area contributed by atoms with Gasteiger partial charge in [0.1, 0.15) is 0 Å². The summed E-state index contributed by atoms with van der Waals surface area (Å²) >= 11 is 5.98. The molecule has 2 aromatic carbocycles. The van der Waals surface area contributed by atoms with Crippen LogP contribution < -0.4 is 0 Å². The zero-order chi connectivity index (χ0) is 20.5. The first-order chi connectivity index (χ1) is 12.4. The van der Waals surface area contributed by atoms with Crippen molar-refractivity contribution in [2.24, 2.45) is 0 Å². The Hall–Kier alpha value is -2.18. The van der Waals surface area contributed by atoms with Crippen LogP contribution in [0.3, 0.4) is 0 Å². The second-order valence-electron chi connectivity index (χ2n) is 6.55. The summed E-state index contributed by atoms with van der Waals surface area (Å²) in [7, 11) is -3.50.